The first-order valence-corrected chi connectivity index (χ1v) is 8.30. The van der Waals surface area contributed by atoms with Gasteiger partial charge in [0.25, 0.3) is 0 Å². The van der Waals surface area contributed by atoms with E-state index in [4.69, 9.17) is 0 Å². The summed E-state index contributed by atoms with van der Waals surface area (Å²) >= 11 is 0. The van der Waals surface area contributed by atoms with Crippen LogP contribution in [0.3, 0.4) is 0 Å². The van der Waals surface area contributed by atoms with Crippen molar-refractivity contribution < 1.29 is 9.18 Å². The number of amides is 1. The second-order valence-corrected chi connectivity index (χ2v) is 6.21. The van der Waals surface area contributed by atoms with E-state index in [2.05, 4.69) is 9.55 Å². The fourth-order valence-electron chi connectivity index (χ4n) is 3.33. The Labute approximate surface area is 145 Å². The fraction of sp³-hybridized carbons (Fsp3) is 0.200. The molecule has 0 fully saturated rings. The standard InChI is InChI=1S/C20H18FN3O/c21-17-9-5-4-8-16(17)12-20(25)24-14-19-22-10-11-23(19)13-18(24)15-6-2-1-3-7-15/h1-11,18H,12-14H2/t18-/m0/s1. The van der Waals surface area contributed by atoms with Gasteiger partial charge in [0.1, 0.15) is 11.6 Å². The molecule has 2 aromatic carbocycles. The molecule has 1 atom stereocenters. The Bertz CT molecular complexity index is 891. The third-order valence-electron chi connectivity index (χ3n) is 4.66. The van der Waals surface area contributed by atoms with Crippen molar-refractivity contribution in [3.8, 4) is 0 Å². The number of fused-ring (bicyclic) bond motifs is 1. The van der Waals surface area contributed by atoms with Crippen LogP contribution in [0.2, 0.25) is 0 Å². The molecular formula is C20H18FN3O. The molecule has 1 aliphatic rings. The Morgan fingerprint density at radius 2 is 1.88 bits per heavy atom. The highest BCUT2D eigenvalue weighted by Crippen LogP contribution is 2.29. The minimum atomic E-state index is -0.342. The first kappa shape index (κ1) is 15.6. The molecule has 126 valence electrons. The van der Waals surface area contributed by atoms with Crippen LogP contribution in [0.1, 0.15) is 23.0 Å². The number of rotatable bonds is 3. The number of hydrogen-bond acceptors (Lipinski definition) is 2. The summed E-state index contributed by atoms with van der Waals surface area (Å²) in [5, 5.41) is 0. The largest absolute Gasteiger partial charge is 0.331 e. The van der Waals surface area contributed by atoms with E-state index >= 15 is 0 Å². The Morgan fingerprint density at radius 3 is 2.68 bits per heavy atom. The maximum atomic E-state index is 13.9. The third kappa shape index (κ3) is 3.05. The molecule has 0 spiro atoms. The number of imidazole rings is 1. The van der Waals surface area contributed by atoms with Crippen molar-refractivity contribution in [2.45, 2.75) is 25.6 Å². The summed E-state index contributed by atoms with van der Waals surface area (Å²) in [6.07, 6.45) is 3.74. The number of carbonyl (C=O) groups excluding carboxylic acids is 1. The number of aromatic nitrogens is 2. The highest BCUT2D eigenvalue weighted by molar-refractivity contribution is 5.79. The Hall–Kier alpha value is -2.95. The van der Waals surface area contributed by atoms with E-state index in [1.807, 2.05) is 41.4 Å². The predicted octanol–water partition coefficient (Wildman–Crippen LogP) is 3.35. The molecule has 2 heterocycles. The van der Waals surface area contributed by atoms with E-state index in [9.17, 15) is 9.18 Å². The van der Waals surface area contributed by atoms with Crippen LogP contribution in [0, 0.1) is 5.82 Å². The molecule has 0 saturated carbocycles. The van der Waals surface area contributed by atoms with Crippen LogP contribution in [-0.2, 0) is 24.3 Å². The highest BCUT2D eigenvalue weighted by Gasteiger charge is 2.31. The molecule has 0 aliphatic carbocycles. The lowest BCUT2D eigenvalue weighted by Gasteiger charge is -2.36. The Morgan fingerprint density at radius 1 is 1.12 bits per heavy atom. The van der Waals surface area contributed by atoms with Crippen LogP contribution < -0.4 is 0 Å². The van der Waals surface area contributed by atoms with Gasteiger partial charge in [-0.3, -0.25) is 4.79 Å². The molecule has 3 aromatic rings. The zero-order valence-electron chi connectivity index (χ0n) is 13.7. The van der Waals surface area contributed by atoms with Gasteiger partial charge in [0.05, 0.1) is 19.0 Å². The van der Waals surface area contributed by atoms with E-state index in [0.29, 0.717) is 18.7 Å². The van der Waals surface area contributed by atoms with E-state index in [1.54, 1.807) is 24.4 Å². The average Bonchev–Trinajstić information content (AvgIpc) is 3.11. The van der Waals surface area contributed by atoms with Crippen molar-refractivity contribution in [2.75, 3.05) is 0 Å². The van der Waals surface area contributed by atoms with Crippen molar-refractivity contribution in [2.24, 2.45) is 0 Å². The summed E-state index contributed by atoms with van der Waals surface area (Å²) < 4.78 is 16.0. The van der Waals surface area contributed by atoms with E-state index < -0.39 is 0 Å². The zero-order chi connectivity index (χ0) is 17.2. The van der Waals surface area contributed by atoms with Gasteiger partial charge in [-0.05, 0) is 17.2 Å². The number of halogens is 1. The summed E-state index contributed by atoms with van der Waals surface area (Å²) in [6, 6.07) is 16.3. The molecule has 25 heavy (non-hydrogen) atoms. The van der Waals surface area contributed by atoms with Gasteiger partial charge in [0.2, 0.25) is 5.91 Å². The molecule has 4 rings (SSSR count). The van der Waals surface area contributed by atoms with Gasteiger partial charge in [0, 0.05) is 18.9 Å². The number of carbonyl (C=O) groups is 1. The molecule has 0 bridgehead atoms. The lowest BCUT2D eigenvalue weighted by Crippen LogP contribution is -2.41. The number of benzene rings is 2. The van der Waals surface area contributed by atoms with E-state index in [1.165, 1.54) is 6.07 Å². The van der Waals surface area contributed by atoms with Crippen molar-refractivity contribution in [3.63, 3.8) is 0 Å². The second kappa shape index (κ2) is 6.51. The molecule has 0 N–H and O–H groups in total. The average molecular weight is 335 g/mol. The van der Waals surface area contributed by atoms with Crippen LogP contribution in [0.15, 0.2) is 67.0 Å². The lowest BCUT2D eigenvalue weighted by molar-refractivity contribution is -0.135. The first-order chi connectivity index (χ1) is 12.2. The maximum absolute atomic E-state index is 13.9. The molecule has 4 nitrogen and oxygen atoms in total. The first-order valence-electron chi connectivity index (χ1n) is 8.30. The van der Waals surface area contributed by atoms with E-state index in [-0.39, 0.29) is 24.2 Å². The Balaban J connectivity index is 1.65. The smallest absolute Gasteiger partial charge is 0.228 e. The van der Waals surface area contributed by atoms with Crippen molar-refractivity contribution in [3.05, 3.63) is 89.8 Å². The summed E-state index contributed by atoms with van der Waals surface area (Å²) in [5.74, 6) is 0.424. The molecule has 1 aromatic heterocycles. The van der Waals surface area contributed by atoms with Crippen LogP contribution in [0.4, 0.5) is 4.39 Å². The van der Waals surface area contributed by atoms with Gasteiger partial charge in [-0.2, -0.15) is 0 Å². The Kier molecular flexibility index (Phi) is 4.06. The summed E-state index contributed by atoms with van der Waals surface area (Å²) in [5.41, 5.74) is 1.50. The molecule has 1 amide bonds. The molecule has 0 radical (unpaired) electrons. The van der Waals surface area contributed by atoms with Gasteiger partial charge in [0.15, 0.2) is 0 Å². The SMILES string of the molecule is O=C(Cc1ccccc1F)N1Cc2nccn2C[C@H]1c1ccccc1. The minimum absolute atomic E-state index is 0.0523. The molecule has 1 aliphatic heterocycles. The van der Waals surface area contributed by atoms with E-state index in [0.717, 1.165) is 11.4 Å². The monoisotopic (exact) mass is 335 g/mol. The molecule has 5 heteroatoms. The third-order valence-corrected chi connectivity index (χ3v) is 4.66. The van der Waals surface area contributed by atoms with Gasteiger partial charge < -0.3 is 9.47 Å². The highest BCUT2D eigenvalue weighted by atomic mass is 19.1. The molecular weight excluding hydrogens is 317 g/mol. The summed E-state index contributed by atoms with van der Waals surface area (Å²) in [4.78, 5) is 19.1. The van der Waals surface area contributed by atoms with Crippen LogP contribution in [0.25, 0.3) is 0 Å². The summed E-state index contributed by atoms with van der Waals surface area (Å²) in [7, 11) is 0. The quantitative estimate of drug-likeness (QED) is 0.736. The number of nitrogens with zero attached hydrogens (tertiary/aromatic N) is 3. The fourth-order valence-corrected chi connectivity index (χ4v) is 3.33. The summed E-state index contributed by atoms with van der Waals surface area (Å²) in [6.45, 7) is 1.09. The van der Waals surface area contributed by atoms with Gasteiger partial charge in [-0.1, -0.05) is 48.5 Å². The zero-order valence-corrected chi connectivity index (χ0v) is 13.7. The van der Waals surface area contributed by atoms with Crippen molar-refractivity contribution in [1.29, 1.82) is 0 Å². The van der Waals surface area contributed by atoms with Crippen LogP contribution >= 0.6 is 0 Å². The van der Waals surface area contributed by atoms with Gasteiger partial charge in [-0.15, -0.1) is 0 Å². The minimum Gasteiger partial charge on any atom is -0.331 e. The van der Waals surface area contributed by atoms with Crippen LogP contribution in [0.5, 0.6) is 0 Å². The topological polar surface area (TPSA) is 38.1 Å². The molecule has 0 saturated heterocycles. The number of hydrogen-bond donors (Lipinski definition) is 0. The molecule has 0 unspecified atom stereocenters. The second-order valence-electron chi connectivity index (χ2n) is 6.21. The van der Waals surface area contributed by atoms with Gasteiger partial charge in [-0.25, -0.2) is 9.37 Å². The maximum Gasteiger partial charge on any atom is 0.228 e. The van der Waals surface area contributed by atoms with Crippen molar-refractivity contribution >= 4 is 5.91 Å². The van der Waals surface area contributed by atoms with Crippen molar-refractivity contribution in [1.82, 2.24) is 14.5 Å². The normalized spacial score (nSPS) is 16.5. The predicted molar refractivity (Wildman–Crippen MR) is 92.1 cm³/mol. The van der Waals surface area contributed by atoms with Crippen LogP contribution in [-0.4, -0.2) is 20.4 Å². The lowest BCUT2D eigenvalue weighted by atomic mass is 10.0. The van der Waals surface area contributed by atoms with Gasteiger partial charge >= 0.3 is 0 Å².